The molecule has 1 aliphatic carbocycles. The van der Waals surface area contributed by atoms with Crippen molar-refractivity contribution in [2.24, 2.45) is 11.1 Å². The Hall–Kier alpha value is -1.24. The highest BCUT2D eigenvalue weighted by atomic mass is 35.5. The average Bonchev–Trinajstić information content (AvgIpc) is 3.15. The van der Waals surface area contributed by atoms with Gasteiger partial charge in [-0.25, -0.2) is 0 Å². The Morgan fingerprint density at radius 2 is 2.11 bits per heavy atom. The number of halogens is 1. The number of hydrogen-bond acceptors (Lipinski definition) is 3. The molecule has 1 unspecified atom stereocenters. The van der Waals surface area contributed by atoms with E-state index >= 15 is 0 Å². The molecular formula is C14H17ClN2O. The smallest absolute Gasteiger partial charge is 0.124 e. The molecule has 0 saturated heterocycles. The van der Waals surface area contributed by atoms with Gasteiger partial charge in [0.1, 0.15) is 5.75 Å². The first-order chi connectivity index (χ1) is 8.46. The third-order valence-corrected chi connectivity index (χ3v) is 4.41. The van der Waals surface area contributed by atoms with Crippen LogP contribution in [0.4, 0.5) is 0 Å². The van der Waals surface area contributed by atoms with E-state index in [0.717, 1.165) is 35.3 Å². The van der Waals surface area contributed by atoms with Crippen LogP contribution in [0, 0.1) is 30.6 Å². The minimum absolute atomic E-state index is 0.337. The monoisotopic (exact) mass is 264 g/mol. The van der Waals surface area contributed by atoms with Crippen molar-refractivity contribution in [2.75, 3.05) is 7.11 Å². The molecule has 0 spiro atoms. The van der Waals surface area contributed by atoms with Crippen molar-refractivity contribution in [3.8, 4) is 11.8 Å². The van der Waals surface area contributed by atoms with Gasteiger partial charge in [0, 0.05) is 10.6 Å². The Morgan fingerprint density at radius 3 is 2.56 bits per heavy atom. The van der Waals surface area contributed by atoms with E-state index in [0.29, 0.717) is 5.02 Å². The highest BCUT2D eigenvalue weighted by Gasteiger charge is 2.50. The number of benzene rings is 1. The van der Waals surface area contributed by atoms with Crippen LogP contribution in [0.1, 0.15) is 35.6 Å². The van der Waals surface area contributed by atoms with Gasteiger partial charge < -0.3 is 10.5 Å². The average molecular weight is 265 g/mol. The lowest BCUT2D eigenvalue weighted by Gasteiger charge is -2.23. The van der Waals surface area contributed by atoms with E-state index in [9.17, 15) is 5.26 Å². The maximum absolute atomic E-state index is 9.26. The zero-order valence-corrected chi connectivity index (χ0v) is 11.6. The molecule has 0 radical (unpaired) electrons. The van der Waals surface area contributed by atoms with E-state index in [1.54, 1.807) is 7.11 Å². The van der Waals surface area contributed by atoms with Crippen LogP contribution in [0.25, 0.3) is 0 Å². The van der Waals surface area contributed by atoms with Crippen molar-refractivity contribution in [3.05, 3.63) is 27.8 Å². The largest absolute Gasteiger partial charge is 0.496 e. The maximum Gasteiger partial charge on any atom is 0.124 e. The van der Waals surface area contributed by atoms with Gasteiger partial charge in [0.05, 0.1) is 24.6 Å². The van der Waals surface area contributed by atoms with Gasteiger partial charge in [0.25, 0.3) is 0 Å². The molecule has 1 saturated carbocycles. The van der Waals surface area contributed by atoms with Crippen molar-refractivity contribution in [1.29, 1.82) is 5.26 Å². The van der Waals surface area contributed by atoms with Crippen LogP contribution in [0.15, 0.2) is 6.07 Å². The SMILES string of the molecule is COc1cc(C)c(Cl)c(C)c1C(N)C1(C#N)CC1. The summed E-state index contributed by atoms with van der Waals surface area (Å²) in [7, 11) is 1.62. The molecule has 2 N–H and O–H groups in total. The van der Waals surface area contributed by atoms with E-state index < -0.39 is 5.41 Å². The molecule has 1 atom stereocenters. The highest BCUT2D eigenvalue weighted by molar-refractivity contribution is 6.32. The minimum atomic E-state index is -0.434. The Labute approximate surface area is 112 Å². The van der Waals surface area contributed by atoms with Crippen molar-refractivity contribution in [3.63, 3.8) is 0 Å². The number of hydrogen-bond donors (Lipinski definition) is 1. The number of aryl methyl sites for hydroxylation is 1. The Kier molecular flexibility index (Phi) is 3.27. The molecule has 18 heavy (non-hydrogen) atoms. The predicted octanol–water partition coefficient (Wildman–Crippen LogP) is 3.27. The molecule has 0 heterocycles. The van der Waals surface area contributed by atoms with Crippen molar-refractivity contribution < 1.29 is 4.74 Å². The van der Waals surface area contributed by atoms with Crippen LogP contribution < -0.4 is 10.5 Å². The number of methoxy groups -OCH3 is 1. The fourth-order valence-electron chi connectivity index (χ4n) is 2.40. The number of rotatable bonds is 3. The summed E-state index contributed by atoms with van der Waals surface area (Å²) in [6.07, 6.45) is 1.69. The second kappa shape index (κ2) is 4.46. The number of nitriles is 1. The van der Waals surface area contributed by atoms with Crippen molar-refractivity contribution in [2.45, 2.75) is 32.7 Å². The molecule has 0 aromatic heterocycles. The van der Waals surface area contributed by atoms with Crippen LogP contribution in [0.5, 0.6) is 5.75 Å². The first-order valence-electron chi connectivity index (χ1n) is 5.97. The van der Waals surface area contributed by atoms with Gasteiger partial charge in [-0.1, -0.05) is 11.6 Å². The summed E-state index contributed by atoms with van der Waals surface area (Å²) in [5.74, 6) is 0.725. The standard InChI is InChI=1S/C14H17ClN2O/c1-8-6-10(18-3)11(9(2)12(8)15)13(17)14(7-16)4-5-14/h6,13H,4-5,17H2,1-3H3. The van der Waals surface area contributed by atoms with Crippen LogP contribution >= 0.6 is 11.6 Å². The summed E-state index contributed by atoms with van der Waals surface area (Å²) in [6.45, 7) is 3.87. The summed E-state index contributed by atoms with van der Waals surface area (Å²) in [6, 6.07) is 3.89. The third-order valence-electron chi connectivity index (χ3n) is 3.83. The van der Waals surface area contributed by atoms with E-state index in [1.165, 1.54) is 0 Å². The quantitative estimate of drug-likeness (QED) is 0.911. The fraction of sp³-hybridized carbons (Fsp3) is 0.500. The van der Waals surface area contributed by atoms with Crippen LogP contribution in [-0.2, 0) is 0 Å². The van der Waals surface area contributed by atoms with E-state index in [2.05, 4.69) is 6.07 Å². The first kappa shape index (κ1) is 13.2. The normalized spacial score (nSPS) is 18.0. The van der Waals surface area contributed by atoms with E-state index in [4.69, 9.17) is 22.1 Å². The lowest BCUT2D eigenvalue weighted by molar-refractivity contribution is 0.395. The summed E-state index contributed by atoms with van der Waals surface area (Å²) in [5, 5.41) is 9.97. The molecule has 0 bridgehead atoms. The second-order valence-electron chi connectivity index (χ2n) is 4.99. The summed E-state index contributed by atoms with van der Waals surface area (Å²) < 4.78 is 5.40. The third kappa shape index (κ3) is 1.86. The fourth-order valence-corrected chi connectivity index (χ4v) is 2.55. The topological polar surface area (TPSA) is 59.0 Å². The number of nitrogens with zero attached hydrogens (tertiary/aromatic N) is 1. The van der Waals surface area contributed by atoms with E-state index in [-0.39, 0.29) is 6.04 Å². The second-order valence-corrected chi connectivity index (χ2v) is 5.37. The van der Waals surface area contributed by atoms with Gasteiger partial charge in [-0.2, -0.15) is 5.26 Å². The van der Waals surface area contributed by atoms with Gasteiger partial charge in [-0.05, 0) is 43.9 Å². The van der Waals surface area contributed by atoms with Crippen molar-refractivity contribution in [1.82, 2.24) is 0 Å². The van der Waals surface area contributed by atoms with Crippen LogP contribution in [0.3, 0.4) is 0 Å². The minimum Gasteiger partial charge on any atom is -0.496 e. The zero-order chi connectivity index (χ0) is 13.5. The van der Waals surface area contributed by atoms with Crippen LogP contribution in [-0.4, -0.2) is 7.11 Å². The van der Waals surface area contributed by atoms with Gasteiger partial charge in [0.2, 0.25) is 0 Å². The maximum atomic E-state index is 9.26. The van der Waals surface area contributed by atoms with E-state index in [1.807, 2.05) is 19.9 Å². The van der Waals surface area contributed by atoms with Crippen molar-refractivity contribution >= 4 is 11.6 Å². The molecule has 4 heteroatoms. The molecule has 1 fully saturated rings. The molecule has 0 aliphatic heterocycles. The number of nitrogens with two attached hydrogens (primary N) is 1. The summed E-state index contributed by atoms with van der Waals surface area (Å²) >= 11 is 6.28. The summed E-state index contributed by atoms with van der Waals surface area (Å²) in [4.78, 5) is 0. The first-order valence-corrected chi connectivity index (χ1v) is 6.35. The molecule has 0 amide bonds. The van der Waals surface area contributed by atoms with Gasteiger partial charge in [-0.15, -0.1) is 0 Å². The summed E-state index contributed by atoms with van der Waals surface area (Å²) in [5.41, 5.74) is 8.60. The lowest BCUT2D eigenvalue weighted by Crippen LogP contribution is -2.23. The zero-order valence-electron chi connectivity index (χ0n) is 10.9. The van der Waals surface area contributed by atoms with Gasteiger partial charge >= 0.3 is 0 Å². The van der Waals surface area contributed by atoms with Crippen LogP contribution in [0.2, 0.25) is 5.02 Å². The number of ether oxygens (including phenoxy) is 1. The molecule has 1 aromatic rings. The molecule has 96 valence electrons. The molecule has 2 rings (SSSR count). The Bertz CT molecular complexity index is 530. The Balaban J connectivity index is 2.57. The van der Waals surface area contributed by atoms with Gasteiger partial charge in [-0.3, -0.25) is 0 Å². The lowest BCUT2D eigenvalue weighted by atomic mass is 9.88. The Morgan fingerprint density at radius 1 is 1.50 bits per heavy atom. The molecular weight excluding hydrogens is 248 g/mol. The highest BCUT2D eigenvalue weighted by Crippen LogP contribution is 2.55. The molecule has 1 aliphatic rings. The molecule has 1 aromatic carbocycles. The van der Waals surface area contributed by atoms with Gasteiger partial charge in [0.15, 0.2) is 0 Å². The molecule has 3 nitrogen and oxygen atoms in total. The predicted molar refractivity (Wildman–Crippen MR) is 71.7 cm³/mol.